The van der Waals surface area contributed by atoms with Crippen molar-refractivity contribution in [2.45, 2.75) is 43.9 Å². The Balaban J connectivity index is 1.90. The fourth-order valence-electron chi connectivity index (χ4n) is 2.45. The Labute approximate surface area is 103 Å². The van der Waals surface area contributed by atoms with Crippen LogP contribution in [0.25, 0.3) is 0 Å². The predicted octanol–water partition coefficient (Wildman–Crippen LogP) is -0.297. The van der Waals surface area contributed by atoms with E-state index < -0.39 is 5.54 Å². The molecule has 0 spiro atoms. The van der Waals surface area contributed by atoms with Crippen LogP contribution in [-0.4, -0.2) is 55.2 Å². The van der Waals surface area contributed by atoms with Crippen molar-refractivity contribution in [3.63, 3.8) is 0 Å². The van der Waals surface area contributed by atoms with Crippen LogP contribution < -0.4 is 11.1 Å². The summed E-state index contributed by atoms with van der Waals surface area (Å²) in [6, 6.07) is 0.480. The van der Waals surface area contributed by atoms with E-state index in [0.29, 0.717) is 18.7 Å². The van der Waals surface area contributed by atoms with E-state index in [0.717, 1.165) is 32.4 Å². The van der Waals surface area contributed by atoms with Crippen LogP contribution in [0, 0.1) is 0 Å². The van der Waals surface area contributed by atoms with Gasteiger partial charge in [-0.1, -0.05) is 0 Å². The third-order valence-corrected chi connectivity index (χ3v) is 3.75. The molecule has 0 aromatic heterocycles. The summed E-state index contributed by atoms with van der Waals surface area (Å²) in [5.74, 6) is -0.259. The number of amides is 1. The summed E-state index contributed by atoms with van der Waals surface area (Å²) in [6.45, 7) is 4.46. The Morgan fingerprint density at radius 2 is 2.24 bits per heavy atom. The Morgan fingerprint density at radius 1 is 1.53 bits per heavy atom. The van der Waals surface area contributed by atoms with Crippen LogP contribution in [0.3, 0.4) is 0 Å². The zero-order chi connectivity index (χ0) is 12.5. The van der Waals surface area contributed by atoms with E-state index in [1.807, 2.05) is 6.92 Å². The summed E-state index contributed by atoms with van der Waals surface area (Å²) in [5, 5.41) is 3.37. The van der Waals surface area contributed by atoms with Crippen molar-refractivity contribution >= 4 is 5.91 Å². The number of hydrogen-bond acceptors (Lipinski definition) is 4. The van der Waals surface area contributed by atoms with Gasteiger partial charge in [0.1, 0.15) is 5.54 Å². The minimum atomic E-state index is -0.607. The Bertz CT molecular complexity index is 293. The lowest BCUT2D eigenvalue weighted by atomic mass is 10.0. The minimum absolute atomic E-state index is 0.259. The Morgan fingerprint density at radius 3 is 2.71 bits per heavy atom. The number of nitrogens with one attached hydrogen (secondary N) is 1. The van der Waals surface area contributed by atoms with Crippen LogP contribution >= 0.6 is 0 Å². The van der Waals surface area contributed by atoms with Crippen molar-refractivity contribution in [2.24, 2.45) is 5.73 Å². The second-order valence-electron chi connectivity index (χ2n) is 5.50. The molecule has 1 aliphatic carbocycles. The highest BCUT2D eigenvalue weighted by Gasteiger charge is 2.39. The molecule has 0 aromatic carbocycles. The Kier molecular flexibility index (Phi) is 3.70. The van der Waals surface area contributed by atoms with Crippen molar-refractivity contribution < 1.29 is 9.53 Å². The molecule has 2 aliphatic rings. The van der Waals surface area contributed by atoms with Crippen molar-refractivity contribution in [3.05, 3.63) is 0 Å². The van der Waals surface area contributed by atoms with Gasteiger partial charge < -0.3 is 10.5 Å². The summed E-state index contributed by atoms with van der Waals surface area (Å²) in [7, 11) is 1.74. The van der Waals surface area contributed by atoms with E-state index in [-0.39, 0.29) is 5.91 Å². The molecule has 1 saturated heterocycles. The maximum Gasteiger partial charge on any atom is 0.238 e. The van der Waals surface area contributed by atoms with Gasteiger partial charge >= 0.3 is 0 Å². The first-order valence-electron chi connectivity index (χ1n) is 6.36. The van der Waals surface area contributed by atoms with E-state index in [9.17, 15) is 4.79 Å². The third-order valence-electron chi connectivity index (χ3n) is 3.75. The normalized spacial score (nSPS) is 29.2. The smallest absolute Gasteiger partial charge is 0.238 e. The first kappa shape index (κ1) is 12.8. The maximum absolute atomic E-state index is 11.6. The maximum atomic E-state index is 11.6. The number of nitrogens with two attached hydrogens (primary N) is 1. The van der Waals surface area contributed by atoms with Crippen LogP contribution in [0.5, 0.6) is 0 Å². The molecule has 0 bridgehead atoms. The van der Waals surface area contributed by atoms with E-state index in [1.54, 1.807) is 7.11 Å². The number of primary amides is 1. The number of nitrogens with zero attached hydrogens (tertiary/aromatic N) is 1. The largest absolute Gasteiger partial charge is 0.380 e. The van der Waals surface area contributed by atoms with Gasteiger partial charge in [-0.3, -0.25) is 15.0 Å². The van der Waals surface area contributed by atoms with Gasteiger partial charge in [0.15, 0.2) is 0 Å². The highest BCUT2D eigenvalue weighted by atomic mass is 16.5. The number of ether oxygens (including phenoxy) is 1. The van der Waals surface area contributed by atoms with Gasteiger partial charge in [-0.15, -0.1) is 0 Å². The molecular weight excluding hydrogens is 218 g/mol. The number of hydrogen-bond donors (Lipinski definition) is 2. The van der Waals surface area contributed by atoms with Gasteiger partial charge in [-0.25, -0.2) is 0 Å². The first-order valence-corrected chi connectivity index (χ1v) is 6.36. The van der Waals surface area contributed by atoms with Gasteiger partial charge in [0.05, 0.1) is 6.10 Å². The molecule has 1 amide bonds. The SMILES string of the molecule is COC1CCN(CC(C)(NC2CC2)C(N)=O)C1. The molecule has 98 valence electrons. The van der Waals surface area contributed by atoms with Gasteiger partial charge in [0, 0.05) is 32.8 Å². The lowest BCUT2D eigenvalue weighted by Gasteiger charge is -2.32. The fraction of sp³-hybridized carbons (Fsp3) is 0.917. The molecule has 0 radical (unpaired) electrons. The van der Waals surface area contributed by atoms with E-state index in [4.69, 9.17) is 10.5 Å². The fourth-order valence-corrected chi connectivity index (χ4v) is 2.45. The number of carbonyl (C=O) groups is 1. The van der Waals surface area contributed by atoms with E-state index >= 15 is 0 Å². The zero-order valence-electron chi connectivity index (χ0n) is 10.7. The number of carbonyl (C=O) groups excluding carboxylic acids is 1. The molecule has 1 heterocycles. The molecule has 3 N–H and O–H groups in total. The lowest BCUT2D eigenvalue weighted by molar-refractivity contribution is -0.124. The number of rotatable bonds is 6. The molecule has 2 unspecified atom stereocenters. The molecule has 5 heteroatoms. The van der Waals surface area contributed by atoms with Crippen LogP contribution in [0.4, 0.5) is 0 Å². The number of methoxy groups -OCH3 is 1. The molecular formula is C12H23N3O2. The number of likely N-dealkylation sites (tertiary alicyclic amines) is 1. The summed E-state index contributed by atoms with van der Waals surface area (Å²) >= 11 is 0. The topological polar surface area (TPSA) is 67.6 Å². The van der Waals surface area contributed by atoms with Crippen LogP contribution in [0.1, 0.15) is 26.2 Å². The van der Waals surface area contributed by atoms with Crippen molar-refractivity contribution in [1.29, 1.82) is 0 Å². The zero-order valence-corrected chi connectivity index (χ0v) is 10.7. The molecule has 2 rings (SSSR count). The third kappa shape index (κ3) is 3.18. The summed E-state index contributed by atoms with van der Waals surface area (Å²) in [4.78, 5) is 13.9. The second-order valence-corrected chi connectivity index (χ2v) is 5.50. The van der Waals surface area contributed by atoms with Crippen LogP contribution in [0.15, 0.2) is 0 Å². The van der Waals surface area contributed by atoms with Gasteiger partial charge in [0.2, 0.25) is 5.91 Å². The second kappa shape index (κ2) is 4.92. The van der Waals surface area contributed by atoms with Crippen molar-refractivity contribution in [2.75, 3.05) is 26.7 Å². The minimum Gasteiger partial charge on any atom is -0.380 e. The van der Waals surface area contributed by atoms with Gasteiger partial charge in [-0.2, -0.15) is 0 Å². The average molecular weight is 241 g/mol. The molecule has 17 heavy (non-hydrogen) atoms. The van der Waals surface area contributed by atoms with Crippen LogP contribution in [-0.2, 0) is 9.53 Å². The standard InChI is InChI=1S/C12H23N3O2/c1-12(11(13)16,14-9-3-4-9)8-15-6-5-10(7-15)17-2/h9-10,14H,3-8H2,1-2H3,(H2,13,16). The monoisotopic (exact) mass is 241 g/mol. The Hall–Kier alpha value is -0.650. The van der Waals surface area contributed by atoms with Crippen LogP contribution in [0.2, 0.25) is 0 Å². The van der Waals surface area contributed by atoms with Gasteiger partial charge in [-0.05, 0) is 26.2 Å². The van der Waals surface area contributed by atoms with Crippen molar-refractivity contribution in [1.82, 2.24) is 10.2 Å². The average Bonchev–Trinajstić information content (AvgIpc) is 2.95. The first-order chi connectivity index (χ1) is 8.03. The van der Waals surface area contributed by atoms with Gasteiger partial charge in [0.25, 0.3) is 0 Å². The predicted molar refractivity (Wildman–Crippen MR) is 65.6 cm³/mol. The molecule has 2 fully saturated rings. The summed E-state index contributed by atoms with van der Waals surface area (Å²) < 4.78 is 5.33. The lowest BCUT2D eigenvalue weighted by Crippen LogP contribution is -2.60. The van der Waals surface area contributed by atoms with Crippen molar-refractivity contribution in [3.8, 4) is 0 Å². The molecule has 1 aliphatic heterocycles. The highest BCUT2D eigenvalue weighted by Crippen LogP contribution is 2.24. The van der Waals surface area contributed by atoms with E-state index in [2.05, 4.69) is 10.2 Å². The molecule has 1 saturated carbocycles. The summed E-state index contributed by atoms with van der Waals surface area (Å²) in [5.41, 5.74) is 4.93. The van der Waals surface area contributed by atoms with E-state index in [1.165, 1.54) is 0 Å². The highest BCUT2D eigenvalue weighted by molar-refractivity contribution is 5.84. The molecule has 0 aromatic rings. The quantitative estimate of drug-likeness (QED) is 0.670. The molecule has 2 atom stereocenters. The summed E-state index contributed by atoms with van der Waals surface area (Å²) in [6.07, 6.45) is 3.65. The molecule has 5 nitrogen and oxygen atoms in total.